The number of hydrogen-bond acceptors (Lipinski definition) is 7. The molecule has 0 radical (unpaired) electrons. The van der Waals surface area contributed by atoms with Gasteiger partial charge in [0.05, 0.1) is 12.7 Å². The lowest BCUT2D eigenvalue weighted by molar-refractivity contribution is 0.0697. The van der Waals surface area contributed by atoms with Gasteiger partial charge >= 0.3 is 5.97 Å². The van der Waals surface area contributed by atoms with Crippen molar-refractivity contribution in [2.24, 2.45) is 0 Å². The molecule has 0 atom stereocenters. The minimum Gasteiger partial charge on any atom is -0.497 e. The Kier molecular flexibility index (Phi) is 5.90. The van der Waals surface area contributed by atoms with Crippen molar-refractivity contribution in [3.05, 3.63) is 78.0 Å². The molecule has 0 aliphatic heterocycles. The second-order valence-electron chi connectivity index (χ2n) is 6.63. The van der Waals surface area contributed by atoms with Crippen molar-refractivity contribution in [1.82, 2.24) is 9.97 Å². The predicted molar refractivity (Wildman–Crippen MR) is 119 cm³/mol. The highest BCUT2D eigenvalue weighted by molar-refractivity contribution is 7.98. The third kappa shape index (κ3) is 4.70. The van der Waals surface area contributed by atoms with Crippen molar-refractivity contribution < 1.29 is 19.1 Å². The maximum absolute atomic E-state index is 11.2. The third-order valence-corrected chi connectivity index (χ3v) is 5.48. The number of nitrogens with zero attached hydrogens (tertiary/aromatic N) is 2. The molecule has 2 heterocycles. The number of carbonyl (C=O) groups is 1. The normalized spacial score (nSPS) is 10.7. The van der Waals surface area contributed by atoms with E-state index in [9.17, 15) is 9.90 Å². The van der Waals surface area contributed by atoms with Crippen molar-refractivity contribution in [2.45, 2.75) is 10.9 Å². The quantitative estimate of drug-likeness (QED) is 0.310. The highest BCUT2D eigenvalue weighted by Crippen LogP contribution is 2.36. The summed E-state index contributed by atoms with van der Waals surface area (Å²) in [6.45, 7) is 0. The Labute approximate surface area is 182 Å². The first-order chi connectivity index (χ1) is 15.0. The van der Waals surface area contributed by atoms with Gasteiger partial charge in [0.15, 0.2) is 5.16 Å². The number of hydrogen-bond donors (Lipinski definition) is 2. The van der Waals surface area contributed by atoms with E-state index in [-0.39, 0.29) is 5.56 Å². The predicted octanol–water partition coefficient (Wildman–Crippen LogP) is 4.98. The van der Waals surface area contributed by atoms with Crippen LogP contribution in [0.3, 0.4) is 0 Å². The number of ether oxygens (including phenoxy) is 1. The zero-order chi connectivity index (χ0) is 21.8. The summed E-state index contributed by atoms with van der Waals surface area (Å²) in [5, 5.41) is 9.74. The summed E-state index contributed by atoms with van der Waals surface area (Å²) in [4.78, 5) is 19.7. The molecular formula is C23H19N3O4S. The van der Waals surface area contributed by atoms with Gasteiger partial charge in [-0.05, 0) is 36.4 Å². The van der Waals surface area contributed by atoms with Crippen LogP contribution >= 0.6 is 11.8 Å². The molecule has 2 aromatic carbocycles. The number of thioether (sulfide) groups is 1. The van der Waals surface area contributed by atoms with Crippen LogP contribution in [-0.4, -0.2) is 28.2 Å². The molecule has 4 aromatic rings. The summed E-state index contributed by atoms with van der Waals surface area (Å²) in [6, 6.07) is 17.8. The van der Waals surface area contributed by atoms with Gasteiger partial charge in [0.2, 0.25) is 0 Å². The second-order valence-corrected chi connectivity index (χ2v) is 7.57. The van der Waals surface area contributed by atoms with Crippen molar-refractivity contribution >= 4 is 23.5 Å². The van der Waals surface area contributed by atoms with Crippen LogP contribution in [0, 0.1) is 0 Å². The number of aromatic carboxylic acids is 1. The van der Waals surface area contributed by atoms with Gasteiger partial charge in [-0.15, -0.1) is 0 Å². The van der Waals surface area contributed by atoms with E-state index in [0.29, 0.717) is 28.2 Å². The first-order valence-electron chi connectivity index (χ1n) is 9.35. The van der Waals surface area contributed by atoms with Gasteiger partial charge in [-0.2, -0.15) is 0 Å². The fraction of sp³-hybridized carbons (Fsp3) is 0.0870. The fourth-order valence-electron chi connectivity index (χ4n) is 3.03. The lowest BCUT2D eigenvalue weighted by Crippen LogP contribution is -1.95. The van der Waals surface area contributed by atoms with E-state index in [1.165, 1.54) is 11.8 Å². The molecule has 0 amide bonds. The van der Waals surface area contributed by atoms with Crippen molar-refractivity contribution in [1.29, 1.82) is 0 Å². The molecule has 7 nitrogen and oxygen atoms in total. The first-order valence-corrected chi connectivity index (χ1v) is 10.3. The molecule has 0 fully saturated rings. The molecule has 2 aromatic heterocycles. The summed E-state index contributed by atoms with van der Waals surface area (Å²) in [5.41, 5.74) is 8.55. The smallest absolute Gasteiger partial charge is 0.335 e. The van der Waals surface area contributed by atoms with Gasteiger partial charge in [0, 0.05) is 28.6 Å². The van der Waals surface area contributed by atoms with Gasteiger partial charge < -0.3 is 20.0 Å². The van der Waals surface area contributed by atoms with Crippen LogP contribution in [0.1, 0.15) is 15.9 Å². The summed E-state index contributed by atoms with van der Waals surface area (Å²) in [7, 11) is 1.62. The van der Waals surface area contributed by atoms with Crippen LogP contribution in [0.4, 0.5) is 5.82 Å². The molecule has 0 aliphatic rings. The Morgan fingerprint density at radius 3 is 2.65 bits per heavy atom. The van der Waals surface area contributed by atoms with Gasteiger partial charge in [0.1, 0.15) is 23.1 Å². The molecule has 0 bridgehead atoms. The Hall–Kier alpha value is -3.78. The fourth-order valence-corrected chi connectivity index (χ4v) is 3.83. The van der Waals surface area contributed by atoms with Crippen LogP contribution < -0.4 is 10.5 Å². The molecule has 0 aliphatic carbocycles. The number of anilines is 1. The molecule has 0 saturated heterocycles. The minimum atomic E-state index is -0.974. The molecule has 4 rings (SSSR count). The van der Waals surface area contributed by atoms with E-state index >= 15 is 0 Å². The van der Waals surface area contributed by atoms with E-state index in [1.54, 1.807) is 43.6 Å². The SMILES string of the molecule is COc1cccc(-c2cc(CSc3nccc(N)n3)c(-c3ccc(C(=O)O)cc3)o2)c1. The number of carboxylic acids is 1. The van der Waals surface area contributed by atoms with Gasteiger partial charge in [0.25, 0.3) is 0 Å². The van der Waals surface area contributed by atoms with E-state index in [4.69, 9.17) is 14.9 Å². The van der Waals surface area contributed by atoms with Crippen molar-refractivity contribution in [3.8, 4) is 28.4 Å². The Morgan fingerprint density at radius 2 is 1.94 bits per heavy atom. The molecule has 156 valence electrons. The standard InChI is InChI=1S/C23H19N3O4S/c1-29-18-4-2-3-16(11-18)19-12-17(13-31-23-25-10-9-20(24)26-23)21(30-19)14-5-7-15(8-6-14)22(27)28/h2-12H,13H2,1H3,(H,27,28)(H2,24,25,26). The minimum absolute atomic E-state index is 0.215. The second kappa shape index (κ2) is 8.93. The Bertz CT molecular complexity index is 1220. The Balaban J connectivity index is 1.71. The van der Waals surface area contributed by atoms with E-state index in [2.05, 4.69) is 9.97 Å². The van der Waals surface area contributed by atoms with Crippen LogP contribution in [0.5, 0.6) is 5.75 Å². The van der Waals surface area contributed by atoms with E-state index in [0.717, 1.165) is 22.4 Å². The maximum Gasteiger partial charge on any atom is 0.335 e. The van der Waals surface area contributed by atoms with Crippen LogP contribution in [-0.2, 0) is 5.75 Å². The number of nitrogens with two attached hydrogens (primary N) is 1. The molecule has 31 heavy (non-hydrogen) atoms. The largest absolute Gasteiger partial charge is 0.497 e. The topological polar surface area (TPSA) is 111 Å². The lowest BCUT2D eigenvalue weighted by Gasteiger charge is -2.04. The molecular weight excluding hydrogens is 414 g/mol. The van der Waals surface area contributed by atoms with Gasteiger partial charge in [-0.1, -0.05) is 36.0 Å². The summed E-state index contributed by atoms with van der Waals surface area (Å²) >= 11 is 1.44. The summed E-state index contributed by atoms with van der Waals surface area (Å²) in [6.07, 6.45) is 1.62. The van der Waals surface area contributed by atoms with E-state index < -0.39 is 5.97 Å². The zero-order valence-corrected chi connectivity index (χ0v) is 17.4. The number of carboxylic acid groups (broad SMARTS) is 1. The van der Waals surface area contributed by atoms with Crippen LogP contribution in [0.15, 0.2) is 76.4 Å². The third-order valence-electron chi connectivity index (χ3n) is 4.57. The number of benzene rings is 2. The number of aromatic nitrogens is 2. The maximum atomic E-state index is 11.2. The van der Waals surface area contributed by atoms with Crippen molar-refractivity contribution in [2.75, 3.05) is 12.8 Å². The summed E-state index contributed by atoms with van der Waals surface area (Å²) in [5.74, 6) is 2.05. The van der Waals surface area contributed by atoms with Gasteiger partial charge in [-0.25, -0.2) is 14.8 Å². The number of nitrogen functional groups attached to an aromatic ring is 1. The van der Waals surface area contributed by atoms with Crippen LogP contribution in [0.2, 0.25) is 0 Å². The highest BCUT2D eigenvalue weighted by Gasteiger charge is 2.16. The van der Waals surface area contributed by atoms with Gasteiger partial charge in [-0.3, -0.25) is 0 Å². The lowest BCUT2D eigenvalue weighted by atomic mass is 10.1. The zero-order valence-electron chi connectivity index (χ0n) is 16.6. The van der Waals surface area contributed by atoms with E-state index in [1.807, 2.05) is 30.3 Å². The average molecular weight is 433 g/mol. The average Bonchev–Trinajstić information content (AvgIpc) is 3.22. The molecule has 0 spiro atoms. The molecule has 0 saturated carbocycles. The van der Waals surface area contributed by atoms with Crippen LogP contribution in [0.25, 0.3) is 22.6 Å². The number of methoxy groups -OCH3 is 1. The monoisotopic (exact) mass is 433 g/mol. The number of rotatable bonds is 7. The number of furan rings is 1. The molecule has 3 N–H and O–H groups in total. The highest BCUT2D eigenvalue weighted by atomic mass is 32.2. The molecule has 8 heteroatoms. The van der Waals surface area contributed by atoms with Crippen molar-refractivity contribution in [3.63, 3.8) is 0 Å². The summed E-state index contributed by atoms with van der Waals surface area (Å²) < 4.78 is 11.5. The first kappa shape index (κ1) is 20.5. The Morgan fingerprint density at radius 1 is 1.13 bits per heavy atom. The molecule has 0 unspecified atom stereocenters.